The van der Waals surface area contributed by atoms with E-state index < -0.39 is 0 Å². The number of nitrogens with one attached hydrogen (secondary N) is 1. The van der Waals surface area contributed by atoms with Gasteiger partial charge in [0.1, 0.15) is 23.4 Å². The van der Waals surface area contributed by atoms with Gasteiger partial charge in [0.15, 0.2) is 0 Å². The van der Waals surface area contributed by atoms with Gasteiger partial charge in [0.2, 0.25) is 0 Å². The van der Waals surface area contributed by atoms with Crippen molar-refractivity contribution in [2.75, 3.05) is 13.2 Å². The number of rotatable bonds is 7. The van der Waals surface area contributed by atoms with Gasteiger partial charge in [-0.15, -0.1) is 0 Å². The summed E-state index contributed by atoms with van der Waals surface area (Å²) in [6, 6.07) is 11.1. The molecule has 1 aliphatic rings. The minimum Gasteiger partial charge on any atom is -0.494 e. The molecule has 0 radical (unpaired) electrons. The standard InChI is InChI=1S/C21H25NO4/c1-4-24-18-8-6-15(7-9-18)21(23)22-13-17-12-20-16(10-14(3)26-20)11-19(17)25-5-2/h6-9,11-12,14H,4-5,10,13H2,1-3H3,(H,22,23). The van der Waals surface area contributed by atoms with Gasteiger partial charge in [-0.3, -0.25) is 4.79 Å². The summed E-state index contributed by atoms with van der Waals surface area (Å²) in [6.45, 7) is 7.49. The average molecular weight is 355 g/mol. The number of amides is 1. The Bertz CT molecular complexity index is 770. The number of hydrogen-bond donors (Lipinski definition) is 1. The van der Waals surface area contributed by atoms with Crippen LogP contribution >= 0.6 is 0 Å². The highest BCUT2D eigenvalue weighted by atomic mass is 16.5. The van der Waals surface area contributed by atoms with Gasteiger partial charge < -0.3 is 19.5 Å². The molecule has 1 aliphatic heterocycles. The van der Waals surface area contributed by atoms with Crippen molar-refractivity contribution < 1.29 is 19.0 Å². The van der Waals surface area contributed by atoms with Crippen LogP contribution in [0.15, 0.2) is 36.4 Å². The second-order valence-electron chi connectivity index (χ2n) is 6.27. The molecule has 1 atom stereocenters. The number of fused-ring (bicyclic) bond motifs is 1. The number of carbonyl (C=O) groups excluding carboxylic acids is 1. The van der Waals surface area contributed by atoms with Gasteiger partial charge in [-0.25, -0.2) is 0 Å². The molecule has 2 aromatic carbocycles. The van der Waals surface area contributed by atoms with Crippen LogP contribution in [0.5, 0.6) is 17.2 Å². The molecule has 0 saturated carbocycles. The molecule has 0 saturated heterocycles. The lowest BCUT2D eigenvalue weighted by Crippen LogP contribution is -2.23. The van der Waals surface area contributed by atoms with E-state index in [-0.39, 0.29) is 12.0 Å². The first-order valence-electron chi connectivity index (χ1n) is 9.07. The zero-order chi connectivity index (χ0) is 18.5. The molecule has 0 fully saturated rings. The summed E-state index contributed by atoms with van der Waals surface area (Å²) in [5.74, 6) is 2.31. The Morgan fingerprint density at radius 2 is 1.88 bits per heavy atom. The van der Waals surface area contributed by atoms with Gasteiger partial charge >= 0.3 is 0 Å². The molecule has 5 nitrogen and oxygen atoms in total. The fourth-order valence-electron chi connectivity index (χ4n) is 3.06. The van der Waals surface area contributed by atoms with Crippen molar-refractivity contribution in [3.8, 4) is 17.2 Å². The summed E-state index contributed by atoms with van der Waals surface area (Å²) in [5, 5.41) is 2.95. The van der Waals surface area contributed by atoms with E-state index in [2.05, 4.69) is 5.32 Å². The Hall–Kier alpha value is -2.69. The summed E-state index contributed by atoms with van der Waals surface area (Å²) in [7, 11) is 0. The van der Waals surface area contributed by atoms with E-state index in [1.807, 2.05) is 32.9 Å². The maximum Gasteiger partial charge on any atom is 0.251 e. The molecular weight excluding hydrogens is 330 g/mol. The van der Waals surface area contributed by atoms with Crippen molar-refractivity contribution in [3.63, 3.8) is 0 Å². The van der Waals surface area contributed by atoms with Gasteiger partial charge in [-0.2, -0.15) is 0 Å². The quantitative estimate of drug-likeness (QED) is 0.822. The fraction of sp³-hybridized carbons (Fsp3) is 0.381. The van der Waals surface area contributed by atoms with Gasteiger partial charge in [-0.1, -0.05) is 0 Å². The highest BCUT2D eigenvalue weighted by Gasteiger charge is 2.22. The fourth-order valence-corrected chi connectivity index (χ4v) is 3.06. The molecule has 2 aromatic rings. The first-order valence-corrected chi connectivity index (χ1v) is 9.07. The molecule has 0 aliphatic carbocycles. The van der Waals surface area contributed by atoms with Gasteiger partial charge in [0, 0.05) is 29.7 Å². The summed E-state index contributed by atoms with van der Waals surface area (Å²) < 4.78 is 17.0. The minimum atomic E-state index is -0.134. The van der Waals surface area contributed by atoms with Crippen LogP contribution in [0.4, 0.5) is 0 Å². The van der Waals surface area contributed by atoms with E-state index in [1.54, 1.807) is 24.3 Å². The second-order valence-corrected chi connectivity index (χ2v) is 6.27. The van der Waals surface area contributed by atoms with Gasteiger partial charge in [0.25, 0.3) is 5.91 Å². The van der Waals surface area contributed by atoms with Crippen LogP contribution in [0, 0.1) is 0 Å². The Labute approximate surface area is 154 Å². The van der Waals surface area contributed by atoms with E-state index >= 15 is 0 Å². The Morgan fingerprint density at radius 1 is 1.15 bits per heavy atom. The lowest BCUT2D eigenvalue weighted by Gasteiger charge is -2.13. The van der Waals surface area contributed by atoms with E-state index in [0.717, 1.165) is 34.8 Å². The molecule has 0 aromatic heterocycles. The van der Waals surface area contributed by atoms with Crippen molar-refractivity contribution in [1.82, 2.24) is 5.32 Å². The lowest BCUT2D eigenvalue weighted by molar-refractivity contribution is 0.0950. The number of carbonyl (C=O) groups is 1. The minimum absolute atomic E-state index is 0.134. The zero-order valence-corrected chi connectivity index (χ0v) is 15.5. The largest absolute Gasteiger partial charge is 0.494 e. The van der Waals surface area contributed by atoms with Crippen LogP contribution < -0.4 is 19.5 Å². The Kier molecular flexibility index (Phi) is 5.66. The molecule has 1 heterocycles. The molecule has 3 rings (SSSR count). The lowest BCUT2D eigenvalue weighted by atomic mass is 10.1. The highest BCUT2D eigenvalue weighted by molar-refractivity contribution is 5.94. The summed E-state index contributed by atoms with van der Waals surface area (Å²) in [4.78, 5) is 12.4. The second kappa shape index (κ2) is 8.13. The summed E-state index contributed by atoms with van der Waals surface area (Å²) >= 11 is 0. The van der Waals surface area contributed by atoms with Crippen molar-refractivity contribution in [2.24, 2.45) is 0 Å². The van der Waals surface area contributed by atoms with Crippen LogP contribution in [0.3, 0.4) is 0 Å². The monoisotopic (exact) mass is 355 g/mol. The molecule has 138 valence electrons. The molecule has 0 bridgehead atoms. The maximum absolute atomic E-state index is 12.4. The smallest absolute Gasteiger partial charge is 0.251 e. The van der Waals surface area contributed by atoms with E-state index in [1.165, 1.54) is 0 Å². The van der Waals surface area contributed by atoms with E-state index in [4.69, 9.17) is 14.2 Å². The highest BCUT2D eigenvalue weighted by Crippen LogP contribution is 2.35. The van der Waals surface area contributed by atoms with Crippen LogP contribution in [-0.4, -0.2) is 25.2 Å². The first kappa shape index (κ1) is 18.1. The first-order chi connectivity index (χ1) is 12.6. The molecular formula is C21H25NO4. The van der Waals surface area contributed by atoms with Crippen LogP contribution in [0.2, 0.25) is 0 Å². The number of ether oxygens (including phenoxy) is 3. The van der Waals surface area contributed by atoms with Crippen molar-refractivity contribution in [1.29, 1.82) is 0 Å². The Morgan fingerprint density at radius 3 is 2.58 bits per heavy atom. The van der Waals surface area contributed by atoms with E-state index in [9.17, 15) is 4.79 Å². The maximum atomic E-state index is 12.4. The third-order valence-corrected chi connectivity index (χ3v) is 4.25. The molecule has 0 spiro atoms. The summed E-state index contributed by atoms with van der Waals surface area (Å²) in [5.41, 5.74) is 2.67. The van der Waals surface area contributed by atoms with Gasteiger partial charge in [-0.05, 0) is 57.2 Å². The van der Waals surface area contributed by atoms with Crippen molar-refractivity contribution in [3.05, 3.63) is 53.1 Å². The van der Waals surface area contributed by atoms with Gasteiger partial charge in [0.05, 0.1) is 13.2 Å². The zero-order valence-electron chi connectivity index (χ0n) is 15.5. The normalized spacial score (nSPS) is 15.1. The third kappa shape index (κ3) is 4.10. The molecule has 5 heteroatoms. The topological polar surface area (TPSA) is 56.8 Å². The summed E-state index contributed by atoms with van der Waals surface area (Å²) in [6.07, 6.45) is 1.06. The van der Waals surface area contributed by atoms with Crippen molar-refractivity contribution >= 4 is 5.91 Å². The van der Waals surface area contributed by atoms with Crippen LogP contribution in [-0.2, 0) is 13.0 Å². The van der Waals surface area contributed by atoms with Crippen LogP contribution in [0.1, 0.15) is 42.3 Å². The SMILES string of the molecule is CCOc1ccc(C(=O)NCc2cc3c(cc2OCC)CC(C)O3)cc1. The Balaban J connectivity index is 1.70. The number of benzene rings is 2. The molecule has 26 heavy (non-hydrogen) atoms. The predicted octanol–water partition coefficient (Wildman–Crippen LogP) is 3.74. The van der Waals surface area contributed by atoms with Crippen LogP contribution in [0.25, 0.3) is 0 Å². The predicted molar refractivity (Wildman–Crippen MR) is 100 cm³/mol. The number of hydrogen-bond acceptors (Lipinski definition) is 4. The van der Waals surface area contributed by atoms with Crippen molar-refractivity contribution in [2.45, 2.75) is 39.8 Å². The molecule has 1 N–H and O–H groups in total. The molecule has 1 amide bonds. The average Bonchev–Trinajstić information content (AvgIpc) is 2.99. The van der Waals surface area contributed by atoms with E-state index in [0.29, 0.717) is 25.3 Å². The third-order valence-electron chi connectivity index (χ3n) is 4.25. The molecule has 1 unspecified atom stereocenters.